The van der Waals surface area contributed by atoms with Crippen molar-refractivity contribution in [2.24, 2.45) is 5.10 Å². The minimum atomic E-state index is -0.284. The van der Waals surface area contributed by atoms with Gasteiger partial charge in [-0.1, -0.05) is 59.8 Å². The number of amides is 1. The summed E-state index contributed by atoms with van der Waals surface area (Å²) in [7, 11) is 0. The summed E-state index contributed by atoms with van der Waals surface area (Å²) in [5.74, 6) is 0.451. The second-order valence-corrected chi connectivity index (χ2v) is 6.38. The molecular formula is C22H19N5O2. The third-order valence-corrected chi connectivity index (χ3v) is 4.22. The van der Waals surface area contributed by atoms with Crippen LogP contribution in [0.2, 0.25) is 0 Å². The average molecular weight is 385 g/mol. The normalized spacial score (nSPS) is 11.0. The number of carbonyl (C=O) groups is 1. The van der Waals surface area contributed by atoms with Gasteiger partial charge in [0.15, 0.2) is 0 Å². The number of hydrogen-bond acceptors (Lipinski definition) is 5. The first-order valence-corrected chi connectivity index (χ1v) is 9.15. The van der Waals surface area contributed by atoms with E-state index < -0.39 is 0 Å². The Morgan fingerprint density at radius 2 is 1.86 bits per heavy atom. The van der Waals surface area contributed by atoms with E-state index in [1.54, 1.807) is 6.21 Å². The fourth-order valence-electron chi connectivity index (χ4n) is 2.81. The van der Waals surface area contributed by atoms with Gasteiger partial charge in [-0.25, -0.2) is 10.1 Å². The highest BCUT2D eigenvalue weighted by atomic mass is 16.5. The average Bonchev–Trinajstić information content (AvgIpc) is 3.16. The summed E-state index contributed by atoms with van der Waals surface area (Å²) in [6.45, 7) is 0.530. The van der Waals surface area contributed by atoms with Gasteiger partial charge >= 0.3 is 0 Å². The molecule has 1 aromatic heterocycles. The number of nitrogens with zero attached hydrogens (tertiary/aromatic N) is 4. The predicted octanol–water partition coefficient (Wildman–Crippen LogP) is 3.16. The Morgan fingerprint density at radius 1 is 1.03 bits per heavy atom. The van der Waals surface area contributed by atoms with Crippen molar-refractivity contribution in [1.29, 1.82) is 0 Å². The lowest BCUT2D eigenvalue weighted by atomic mass is 10.2. The lowest BCUT2D eigenvalue weighted by molar-refractivity contribution is -0.121. The first-order chi connectivity index (χ1) is 14.3. The molecule has 29 heavy (non-hydrogen) atoms. The molecule has 1 amide bonds. The van der Waals surface area contributed by atoms with Crippen molar-refractivity contribution in [2.45, 2.75) is 13.2 Å². The lowest BCUT2D eigenvalue weighted by Gasteiger charge is -2.06. The van der Waals surface area contributed by atoms with E-state index >= 15 is 0 Å². The highest BCUT2D eigenvalue weighted by Gasteiger charge is 2.07. The number of rotatable bonds is 7. The molecule has 3 aromatic carbocycles. The highest BCUT2D eigenvalue weighted by molar-refractivity contribution is 5.83. The van der Waals surface area contributed by atoms with Gasteiger partial charge in [0.2, 0.25) is 0 Å². The molecule has 0 saturated carbocycles. The minimum absolute atomic E-state index is 0.0398. The van der Waals surface area contributed by atoms with Crippen LogP contribution in [0.3, 0.4) is 0 Å². The Morgan fingerprint density at radius 3 is 2.76 bits per heavy atom. The Balaban J connectivity index is 1.32. The molecule has 1 N–H and O–H groups in total. The second kappa shape index (κ2) is 8.79. The van der Waals surface area contributed by atoms with Gasteiger partial charge in [0.05, 0.1) is 11.7 Å². The van der Waals surface area contributed by atoms with E-state index in [1.165, 1.54) is 4.68 Å². The molecule has 0 spiro atoms. The second-order valence-electron chi connectivity index (χ2n) is 6.38. The van der Waals surface area contributed by atoms with Crippen LogP contribution in [-0.4, -0.2) is 27.1 Å². The van der Waals surface area contributed by atoms with Crippen LogP contribution in [0.25, 0.3) is 11.0 Å². The molecule has 0 unspecified atom stereocenters. The van der Waals surface area contributed by atoms with Crippen molar-refractivity contribution >= 4 is 23.2 Å². The van der Waals surface area contributed by atoms with Crippen molar-refractivity contribution in [3.63, 3.8) is 0 Å². The summed E-state index contributed by atoms with van der Waals surface area (Å²) in [4.78, 5) is 12.1. The minimum Gasteiger partial charge on any atom is -0.489 e. The van der Waals surface area contributed by atoms with Crippen molar-refractivity contribution in [3.8, 4) is 5.75 Å². The number of ether oxygens (including phenoxy) is 1. The summed E-state index contributed by atoms with van der Waals surface area (Å²) in [6, 6.07) is 24.9. The summed E-state index contributed by atoms with van der Waals surface area (Å²) >= 11 is 0. The molecule has 1 heterocycles. The van der Waals surface area contributed by atoms with Crippen molar-refractivity contribution in [1.82, 2.24) is 20.4 Å². The van der Waals surface area contributed by atoms with Gasteiger partial charge in [0.1, 0.15) is 24.4 Å². The van der Waals surface area contributed by atoms with E-state index in [9.17, 15) is 4.79 Å². The van der Waals surface area contributed by atoms with Crippen LogP contribution >= 0.6 is 0 Å². The van der Waals surface area contributed by atoms with Gasteiger partial charge in [-0.2, -0.15) is 5.10 Å². The third-order valence-electron chi connectivity index (χ3n) is 4.22. The van der Waals surface area contributed by atoms with Crippen LogP contribution < -0.4 is 10.2 Å². The zero-order chi connectivity index (χ0) is 19.9. The number of nitrogens with one attached hydrogen (secondary N) is 1. The zero-order valence-corrected chi connectivity index (χ0v) is 15.6. The van der Waals surface area contributed by atoms with Gasteiger partial charge < -0.3 is 4.74 Å². The van der Waals surface area contributed by atoms with Crippen LogP contribution in [0.4, 0.5) is 0 Å². The fourth-order valence-corrected chi connectivity index (χ4v) is 2.81. The van der Waals surface area contributed by atoms with E-state index in [0.717, 1.165) is 27.9 Å². The van der Waals surface area contributed by atoms with Crippen molar-refractivity contribution in [3.05, 3.63) is 90.0 Å². The summed E-state index contributed by atoms with van der Waals surface area (Å²) in [6.07, 6.45) is 1.58. The number of carbonyl (C=O) groups excluding carboxylic acids is 1. The van der Waals surface area contributed by atoms with Gasteiger partial charge in [-0.3, -0.25) is 4.79 Å². The lowest BCUT2D eigenvalue weighted by Crippen LogP contribution is -2.23. The van der Waals surface area contributed by atoms with E-state index in [4.69, 9.17) is 4.74 Å². The molecule has 0 fully saturated rings. The van der Waals surface area contributed by atoms with Crippen LogP contribution in [-0.2, 0) is 17.9 Å². The Bertz CT molecular complexity index is 1140. The quantitative estimate of drug-likeness (QED) is 0.391. The van der Waals surface area contributed by atoms with Crippen LogP contribution in [0, 0.1) is 0 Å². The number of fused-ring (bicyclic) bond motifs is 1. The molecule has 0 saturated heterocycles. The smallest absolute Gasteiger partial charge is 0.261 e. The van der Waals surface area contributed by atoms with Crippen LogP contribution in [0.5, 0.6) is 5.75 Å². The maximum atomic E-state index is 12.1. The maximum absolute atomic E-state index is 12.1. The molecule has 144 valence electrons. The molecule has 7 heteroatoms. The summed E-state index contributed by atoms with van der Waals surface area (Å²) in [5.41, 5.74) is 5.98. The number of hydrazone groups is 1. The van der Waals surface area contributed by atoms with Crippen molar-refractivity contribution in [2.75, 3.05) is 0 Å². The number of benzene rings is 3. The van der Waals surface area contributed by atoms with Crippen LogP contribution in [0.1, 0.15) is 11.1 Å². The predicted molar refractivity (Wildman–Crippen MR) is 110 cm³/mol. The zero-order valence-electron chi connectivity index (χ0n) is 15.6. The fraction of sp³-hybridized carbons (Fsp3) is 0.0909. The number of hydrogen-bond donors (Lipinski definition) is 1. The van der Waals surface area contributed by atoms with E-state index in [2.05, 4.69) is 20.8 Å². The Kier molecular flexibility index (Phi) is 5.57. The van der Waals surface area contributed by atoms with Gasteiger partial charge in [0.25, 0.3) is 5.91 Å². The molecule has 4 aromatic rings. The molecule has 0 aliphatic heterocycles. The summed E-state index contributed by atoms with van der Waals surface area (Å²) < 4.78 is 7.34. The molecule has 0 aliphatic carbocycles. The summed E-state index contributed by atoms with van der Waals surface area (Å²) in [5, 5.41) is 12.0. The first kappa shape index (κ1) is 18.4. The molecule has 0 aliphatic rings. The standard InChI is InChI=1S/C22H19N5O2/c28-22(15-27-21-12-5-4-11-20(21)24-26-27)25-23-14-18-9-6-10-19(13-18)29-16-17-7-2-1-3-8-17/h1-14H,15-16H2,(H,25,28)/b23-14+. The third kappa shape index (κ3) is 4.84. The highest BCUT2D eigenvalue weighted by Crippen LogP contribution is 2.14. The SMILES string of the molecule is O=C(Cn1nnc2ccccc21)N/N=C/c1cccc(OCc2ccccc2)c1. The molecule has 0 atom stereocenters. The van der Waals surface area contributed by atoms with Gasteiger partial charge in [0, 0.05) is 0 Å². The number of aromatic nitrogens is 3. The largest absolute Gasteiger partial charge is 0.489 e. The van der Waals surface area contributed by atoms with E-state index in [0.29, 0.717) is 6.61 Å². The molecule has 0 radical (unpaired) electrons. The molecule has 4 rings (SSSR count). The molecule has 0 bridgehead atoms. The Labute approximate surface area is 167 Å². The van der Waals surface area contributed by atoms with E-state index in [1.807, 2.05) is 78.9 Å². The van der Waals surface area contributed by atoms with Crippen molar-refractivity contribution < 1.29 is 9.53 Å². The molecule has 7 nitrogen and oxygen atoms in total. The monoisotopic (exact) mass is 385 g/mol. The van der Waals surface area contributed by atoms with Gasteiger partial charge in [-0.15, -0.1) is 5.10 Å². The number of para-hydroxylation sites is 1. The maximum Gasteiger partial charge on any atom is 0.261 e. The van der Waals surface area contributed by atoms with Crippen LogP contribution in [0.15, 0.2) is 84.0 Å². The first-order valence-electron chi connectivity index (χ1n) is 9.15. The molecular weight excluding hydrogens is 366 g/mol. The topological polar surface area (TPSA) is 81.4 Å². The van der Waals surface area contributed by atoms with E-state index in [-0.39, 0.29) is 12.5 Å². The Hall–Kier alpha value is -4.00. The van der Waals surface area contributed by atoms with Gasteiger partial charge in [-0.05, 0) is 35.4 Å².